The summed E-state index contributed by atoms with van der Waals surface area (Å²) in [5.41, 5.74) is 10.6. The fraction of sp³-hybridized carbons (Fsp3) is 0.167. The molecule has 0 spiro atoms. The standard InChI is InChI=1S/C6H9N3S/c7-3-1-2-5-4-9-6(8)10-5/h1-2,4H,3,7H2,(H2,8,9). The predicted molar refractivity (Wildman–Crippen MR) is 44.6 cm³/mol. The molecule has 10 heavy (non-hydrogen) atoms. The van der Waals surface area contributed by atoms with E-state index in [1.807, 2.05) is 12.2 Å². The molecule has 0 saturated heterocycles. The summed E-state index contributed by atoms with van der Waals surface area (Å²) in [5.74, 6) is 0. The van der Waals surface area contributed by atoms with Crippen molar-refractivity contribution in [3.8, 4) is 0 Å². The average Bonchev–Trinajstić information content (AvgIpc) is 2.31. The SMILES string of the molecule is NCC=Cc1cnc(N)s1. The molecule has 0 fully saturated rings. The highest BCUT2D eigenvalue weighted by atomic mass is 32.1. The summed E-state index contributed by atoms with van der Waals surface area (Å²) in [6.07, 6.45) is 5.51. The third kappa shape index (κ3) is 1.82. The Hall–Kier alpha value is -0.870. The van der Waals surface area contributed by atoms with Crippen molar-refractivity contribution in [2.75, 3.05) is 12.3 Å². The third-order valence-corrected chi connectivity index (χ3v) is 1.75. The fourth-order valence-electron chi connectivity index (χ4n) is 0.562. The largest absolute Gasteiger partial charge is 0.375 e. The van der Waals surface area contributed by atoms with Gasteiger partial charge in [-0.15, -0.1) is 0 Å². The van der Waals surface area contributed by atoms with Crippen LogP contribution in [0.1, 0.15) is 4.88 Å². The lowest BCUT2D eigenvalue weighted by Crippen LogP contribution is -1.91. The van der Waals surface area contributed by atoms with Gasteiger partial charge in [0.1, 0.15) is 0 Å². The highest BCUT2D eigenvalue weighted by Gasteiger charge is 1.90. The topological polar surface area (TPSA) is 64.9 Å². The minimum Gasteiger partial charge on any atom is -0.375 e. The first-order chi connectivity index (χ1) is 4.83. The van der Waals surface area contributed by atoms with Gasteiger partial charge in [-0.1, -0.05) is 17.4 Å². The van der Waals surface area contributed by atoms with Gasteiger partial charge >= 0.3 is 0 Å². The Labute approximate surface area is 63.4 Å². The Balaban J connectivity index is 2.67. The number of nitrogens with zero attached hydrogens (tertiary/aromatic N) is 1. The van der Waals surface area contributed by atoms with Gasteiger partial charge in [-0.05, 0) is 6.08 Å². The smallest absolute Gasteiger partial charge is 0.180 e. The first-order valence-corrected chi connectivity index (χ1v) is 3.72. The Morgan fingerprint density at radius 1 is 1.70 bits per heavy atom. The predicted octanol–water partition coefficient (Wildman–Crippen LogP) is 0.697. The number of anilines is 1. The molecule has 0 aliphatic rings. The Morgan fingerprint density at radius 3 is 3.00 bits per heavy atom. The van der Waals surface area contributed by atoms with E-state index in [1.54, 1.807) is 6.20 Å². The molecule has 0 aliphatic heterocycles. The zero-order chi connectivity index (χ0) is 7.40. The third-order valence-electron chi connectivity index (χ3n) is 0.960. The molecule has 0 unspecified atom stereocenters. The highest BCUT2D eigenvalue weighted by molar-refractivity contribution is 7.16. The lowest BCUT2D eigenvalue weighted by atomic mass is 10.4. The fourth-order valence-corrected chi connectivity index (χ4v) is 1.18. The van der Waals surface area contributed by atoms with E-state index in [0.29, 0.717) is 11.7 Å². The molecular weight excluding hydrogens is 146 g/mol. The minimum atomic E-state index is 0.553. The van der Waals surface area contributed by atoms with Crippen molar-refractivity contribution in [2.45, 2.75) is 0 Å². The molecule has 1 heterocycles. The summed E-state index contributed by atoms with van der Waals surface area (Å²) in [6, 6.07) is 0. The zero-order valence-corrected chi connectivity index (χ0v) is 6.27. The summed E-state index contributed by atoms with van der Waals surface area (Å²) in [5, 5.41) is 0.594. The maximum Gasteiger partial charge on any atom is 0.180 e. The van der Waals surface area contributed by atoms with Crippen molar-refractivity contribution in [1.29, 1.82) is 0 Å². The molecule has 0 aromatic carbocycles. The summed E-state index contributed by atoms with van der Waals surface area (Å²) in [7, 11) is 0. The number of hydrogen-bond acceptors (Lipinski definition) is 4. The van der Waals surface area contributed by atoms with Gasteiger partial charge < -0.3 is 11.5 Å². The van der Waals surface area contributed by atoms with Crippen LogP contribution in [0.15, 0.2) is 12.3 Å². The van der Waals surface area contributed by atoms with Gasteiger partial charge in [0.15, 0.2) is 5.13 Å². The van der Waals surface area contributed by atoms with Crippen LogP contribution in [0.5, 0.6) is 0 Å². The Morgan fingerprint density at radius 2 is 2.50 bits per heavy atom. The molecular formula is C6H9N3S. The van der Waals surface area contributed by atoms with Gasteiger partial charge in [0.2, 0.25) is 0 Å². The molecule has 1 rings (SSSR count). The Kier molecular flexibility index (Phi) is 2.42. The van der Waals surface area contributed by atoms with Crippen molar-refractivity contribution in [3.63, 3.8) is 0 Å². The lowest BCUT2D eigenvalue weighted by molar-refractivity contribution is 1.26. The molecule has 0 amide bonds. The van der Waals surface area contributed by atoms with E-state index in [0.717, 1.165) is 4.88 Å². The van der Waals surface area contributed by atoms with Crippen LogP contribution < -0.4 is 11.5 Å². The van der Waals surface area contributed by atoms with Crippen LogP contribution in [-0.2, 0) is 0 Å². The molecule has 4 N–H and O–H groups in total. The second kappa shape index (κ2) is 3.34. The zero-order valence-electron chi connectivity index (χ0n) is 5.45. The molecule has 1 aromatic heterocycles. The molecule has 4 heteroatoms. The van der Waals surface area contributed by atoms with Crippen molar-refractivity contribution >= 4 is 22.5 Å². The summed E-state index contributed by atoms with van der Waals surface area (Å²) >= 11 is 1.45. The van der Waals surface area contributed by atoms with Crippen molar-refractivity contribution in [2.24, 2.45) is 5.73 Å². The van der Waals surface area contributed by atoms with Gasteiger partial charge in [-0.25, -0.2) is 4.98 Å². The van der Waals surface area contributed by atoms with E-state index < -0.39 is 0 Å². The number of aromatic nitrogens is 1. The number of thiazole rings is 1. The monoisotopic (exact) mass is 155 g/mol. The number of nitrogens with two attached hydrogens (primary N) is 2. The van der Waals surface area contributed by atoms with Crippen molar-refractivity contribution in [1.82, 2.24) is 4.98 Å². The van der Waals surface area contributed by atoms with E-state index >= 15 is 0 Å². The van der Waals surface area contributed by atoms with Gasteiger partial charge in [0.25, 0.3) is 0 Å². The summed E-state index contributed by atoms with van der Waals surface area (Å²) in [6.45, 7) is 0.553. The average molecular weight is 155 g/mol. The van der Waals surface area contributed by atoms with Crippen LogP contribution in [0.2, 0.25) is 0 Å². The van der Waals surface area contributed by atoms with Crippen LogP contribution in [0.3, 0.4) is 0 Å². The molecule has 3 nitrogen and oxygen atoms in total. The normalized spacial score (nSPS) is 10.9. The molecule has 0 saturated carbocycles. The van der Waals surface area contributed by atoms with Gasteiger partial charge in [0.05, 0.1) is 0 Å². The second-order valence-corrected chi connectivity index (χ2v) is 2.83. The molecule has 0 bridgehead atoms. The molecule has 54 valence electrons. The van der Waals surface area contributed by atoms with Crippen molar-refractivity contribution in [3.05, 3.63) is 17.2 Å². The van der Waals surface area contributed by atoms with E-state index in [2.05, 4.69) is 4.98 Å². The van der Waals surface area contributed by atoms with Crippen LogP contribution in [0.25, 0.3) is 6.08 Å². The molecule has 0 radical (unpaired) electrons. The van der Waals surface area contributed by atoms with Gasteiger partial charge in [-0.2, -0.15) is 0 Å². The van der Waals surface area contributed by atoms with E-state index in [9.17, 15) is 0 Å². The summed E-state index contributed by atoms with van der Waals surface area (Å²) < 4.78 is 0. The van der Waals surface area contributed by atoms with E-state index in [4.69, 9.17) is 11.5 Å². The number of rotatable bonds is 2. The first-order valence-electron chi connectivity index (χ1n) is 2.91. The Bertz CT molecular complexity index is 229. The van der Waals surface area contributed by atoms with Gasteiger partial charge in [0, 0.05) is 17.6 Å². The van der Waals surface area contributed by atoms with E-state index in [-0.39, 0.29) is 0 Å². The van der Waals surface area contributed by atoms with Gasteiger partial charge in [-0.3, -0.25) is 0 Å². The lowest BCUT2D eigenvalue weighted by Gasteiger charge is -1.78. The maximum atomic E-state index is 5.39. The summed E-state index contributed by atoms with van der Waals surface area (Å²) in [4.78, 5) is 4.92. The number of nitrogen functional groups attached to an aromatic ring is 1. The van der Waals surface area contributed by atoms with Crippen LogP contribution in [0, 0.1) is 0 Å². The number of hydrogen-bond donors (Lipinski definition) is 2. The highest BCUT2D eigenvalue weighted by Crippen LogP contribution is 2.15. The maximum absolute atomic E-state index is 5.39. The van der Waals surface area contributed by atoms with Crippen molar-refractivity contribution < 1.29 is 0 Å². The van der Waals surface area contributed by atoms with Crippen LogP contribution in [-0.4, -0.2) is 11.5 Å². The second-order valence-electron chi connectivity index (χ2n) is 1.74. The minimum absolute atomic E-state index is 0.553. The van der Waals surface area contributed by atoms with E-state index in [1.165, 1.54) is 11.3 Å². The first kappa shape index (κ1) is 7.24. The quantitative estimate of drug-likeness (QED) is 0.660. The van der Waals surface area contributed by atoms with Crippen LogP contribution in [0.4, 0.5) is 5.13 Å². The molecule has 1 aromatic rings. The molecule has 0 aliphatic carbocycles. The molecule has 0 atom stereocenters. The van der Waals surface area contributed by atoms with Crippen LogP contribution >= 0.6 is 11.3 Å².